The fourth-order valence-electron chi connectivity index (χ4n) is 2.49. The molecule has 0 aliphatic heterocycles. The molecule has 5 nitrogen and oxygen atoms in total. The van der Waals surface area contributed by atoms with Crippen molar-refractivity contribution >= 4 is 23.2 Å². The van der Waals surface area contributed by atoms with Crippen LogP contribution in [0.15, 0.2) is 36.4 Å². The molecule has 0 aromatic heterocycles. The molecule has 0 aliphatic carbocycles. The summed E-state index contributed by atoms with van der Waals surface area (Å²) in [5, 5.41) is 2.72. The zero-order chi connectivity index (χ0) is 19.3. The Morgan fingerprint density at radius 1 is 1.15 bits per heavy atom. The molecule has 2 aromatic rings. The lowest BCUT2D eigenvalue weighted by molar-refractivity contribution is -0.117. The van der Waals surface area contributed by atoms with Crippen LogP contribution in [0, 0.1) is 18.6 Å². The Balaban J connectivity index is 2.08. The fraction of sp³-hybridized carbons (Fsp3) is 0.263. The van der Waals surface area contributed by atoms with Crippen molar-refractivity contribution in [1.29, 1.82) is 0 Å². The summed E-state index contributed by atoms with van der Waals surface area (Å²) in [6, 6.07) is 8.28. The molecule has 0 saturated heterocycles. The summed E-state index contributed by atoms with van der Waals surface area (Å²) in [7, 11) is 1.50. The molecule has 0 atom stereocenters. The first-order chi connectivity index (χ1) is 12.3. The van der Waals surface area contributed by atoms with Crippen molar-refractivity contribution in [2.24, 2.45) is 0 Å². The Labute approximate surface area is 150 Å². The van der Waals surface area contributed by atoms with Gasteiger partial charge in [0.1, 0.15) is 17.4 Å². The molecule has 0 unspecified atom stereocenters. The maximum absolute atomic E-state index is 13.9. The molecule has 2 amide bonds. The van der Waals surface area contributed by atoms with Crippen LogP contribution in [0.4, 0.5) is 20.2 Å². The number of halogens is 2. The molecule has 0 radical (unpaired) electrons. The third-order valence-electron chi connectivity index (χ3n) is 3.77. The van der Waals surface area contributed by atoms with Crippen LogP contribution < -0.4 is 15.0 Å². The SMILES string of the molecule is COc1ccc(C)cc1NC(=O)CCN(C(C)=O)c1ccc(F)cc1F. The molecular formula is C19H20F2N2O3. The van der Waals surface area contributed by atoms with E-state index in [2.05, 4.69) is 5.32 Å². The Kier molecular flexibility index (Phi) is 6.27. The minimum absolute atomic E-state index is 0.0438. The summed E-state index contributed by atoms with van der Waals surface area (Å²) in [5.74, 6) is -1.89. The Hall–Kier alpha value is -2.96. The summed E-state index contributed by atoms with van der Waals surface area (Å²) < 4.78 is 32.2. The van der Waals surface area contributed by atoms with Gasteiger partial charge in [0, 0.05) is 26.0 Å². The summed E-state index contributed by atoms with van der Waals surface area (Å²) in [4.78, 5) is 25.1. The summed E-state index contributed by atoms with van der Waals surface area (Å²) in [6.45, 7) is 3.09. The van der Waals surface area contributed by atoms with Crippen molar-refractivity contribution in [2.75, 3.05) is 23.9 Å². The van der Waals surface area contributed by atoms with Crippen LogP contribution in [-0.2, 0) is 9.59 Å². The second-order valence-corrected chi connectivity index (χ2v) is 5.77. The van der Waals surface area contributed by atoms with Crippen molar-refractivity contribution in [2.45, 2.75) is 20.3 Å². The van der Waals surface area contributed by atoms with Gasteiger partial charge in [-0.3, -0.25) is 9.59 Å². The van der Waals surface area contributed by atoms with Gasteiger partial charge in [-0.25, -0.2) is 8.78 Å². The van der Waals surface area contributed by atoms with Gasteiger partial charge in [0.15, 0.2) is 0 Å². The lowest BCUT2D eigenvalue weighted by Gasteiger charge is -2.21. The number of nitrogens with zero attached hydrogens (tertiary/aromatic N) is 1. The third kappa shape index (κ3) is 4.78. The Bertz CT molecular complexity index is 824. The monoisotopic (exact) mass is 362 g/mol. The van der Waals surface area contributed by atoms with E-state index in [1.54, 1.807) is 12.1 Å². The lowest BCUT2D eigenvalue weighted by atomic mass is 10.2. The van der Waals surface area contributed by atoms with Gasteiger partial charge in [-0.1, -0.05) is 6.07 Å². The second kappa shape index (κ2) is 8.42. The zero-order valence-corrected chi connectivity index (χ0v) is 14.8. The highest BCUT2D eigenvalue weighted by atomic mass is 19.1. The van der Waals surface area contributed by atoms with Gasteiger partial charge < -0.3 is 15.0 Å². The minimum Gasteiger partial charge on any atom is -0.495 e. The summed E-state index contributed by atoms with van der Waals surface area (Å²) in [5.41, 5.74) is 1.39. The fourth-order valence-corrected chi connectivity index (χ4v) is 2.49. The number of amides is 2. The predicted octanol–water partition coefficient (Wildman–Crippen LogP) is 3.66. The molecule has 0 saturated carbocycles. The number of nitrogens with one attached hydrogen (secondary N) is 1. The van der Waals surface area contributed by atoms with Crippen LogP contribution in [0.2, 0.25) is 0 Å². The van der Waals surface area contributed by atoms with E-state index in [1.165, 1.54) is 20.1 Å². The molecule has 138 valence electrons. The smallest absolute Gasteiger partial charge is 0.226 e. The first-order valence-electron chi connectivity index (χ1n) is 7.99. The first-order valence-corrected chi connectivity index (χ1v) is 7.99. The van der Waals surface area contributed by atoms with Crippen molar-refractivity contribution in [1.82, 2.24) is 0 Å². The number of anilines is 2. The lowest BCUT2D eigenvalue weighted by Crippen LogP contribution is -2.32. The number of methoxy groups -OCH3 is 1. The van der Waals surface area contributed by atoms with E-state index in [1.807, 2.05) is 13.0 Å². The molecule has 0 bridgehead atoms. The van der Waals surface area contributed by atoms with Crippen LogP contribution in [0.5, 0.6) is 5.75 Å². The Morgan fingerprint density at radius 2 is 1.88 bits per heavy atom. The molecule has 2 rings (SSSR count). The number of rotatable bonds is 6. The molecule has 0 heterocycles. The quantitative estimate of drug-likeness (QED) is 0.853. The van der Waals surface area contributed by atoms with E-state index < -0.39 is 17.5 Å². The first kappa shape index (κ1) is 19.4. The Morgan fingerprint density at radius 3 is 2.50 bits per heavy atom. The van der Waals surface area contributed by atoms with Gasteiger partial charge in [0.2, 0.25) is 11.8 Å². The molecule has 0 spiro atoms. The molecule has 26 heavy (non-hydrogen) atoms. The highest BCUT2D eigenvalue weighted by molar-refractivity contribution is 5.95. The van der Waals surface area contributed by atoms with Crippen molar-refractivity contribution in [3.8, 4) is 5.75 Å². The van der Waals surface area contributed by atoms with Gasteiger partial charge in [-0.2, -0.15) is 0 Å². The van der Waals surface area contributed by atoms with E-state index in [-0.39, 0.29) is 24.6 Å². The minimum atomic E-state index is -0.860. The molecule has 2 aromatic carbocycles. The number of ether oxygens (including phenoxy) is 1. The zero-order valence-electron chi connectivity index (χ0n) is 14.8. The highest BCUT2D eigenvalue weighted by Crippen LogP contribution is 2.25. The van der Waals surface area contributed by atoms with Crippen LogP contribution >= 0.6 is 0 Å². The van der Waals surface area contributed by atoms with Crippen molar-refractivity contribution in [3.05, 3.63) is 53.6 Å². The maximum Gasteiger partial charge on any atom is 0.226 e. The normalized spacial score (nSPS) is 10.3. The van der Waals surface area contributed by atoms with Gasteiger partial charge in [0.25, 0.3) is 0 Å². The maximum atomic E-state index is 13.9. The van der Waals surface area contributed by atoms with Crippen LogP contribution in [0.3, 0.4) is 0 Å². The molecule has 7 heteroatoms. The molecule has 0 aliphatic rings. The van der Waals surface area contributed by atoms with E-state index in [9.17, 15) is 18.4 Å². The van der Waals surface area contributed by atoms with Crippen molar-refractivity contribution < 1.29 is 23.1 Å². The van der Waals surface area contributed by atoms with Crippen LogP contribution in [0.1, 0.15) is 18.9 Å². The van der Waals surface area contributed by atoms with Gasteiger partial charge in [0.05, 0.1) is 18.5 Å². The second-order valence-electron chi connectivity index (χ2n) is 5.77. The average Bonchev–Trinajstić information content (AvgIpc) is 2.56. The molecule has 0 fully saturated rings. The van der Waals surface area contributed by atoms with E-state index in [0.717, 1.165) is 16.5 Å². The van der Waals surface area contributed by atoms with Crippen LogP contribution in [-0.4, -0.2) is 25.5 Å². The van der Waals surface area contributed by atoms with E-state index in [4.69, 9.17) is 4.74 Å². The predicted molar refractivity (Wildman–Crippen MR) is 95.4 cm³/mol. The third-order valence-corrected chi connectivity index (χ3v) is 3.77. The number of hydrogen-bond donors (Lipinski definition) is 1. The number of hydrogen-bond acceptors (Lipinski definition) is 3. The largest absolute Gasteiger partial charge is 0.495 e. The van der Waals surface area contributed by atoms with E-state index in [0.29, 0.717) is 17.5 Å². The van der Waals surface area contributed by atoms with Crippen molar-refractivity contribution in [3.63, 3.8) is 0 Å². The summed E-state index contributed by atoms with van der Waals surface area (Å²) in [6.07, 6.45) is -0.0620. The van der Waals surface area contributed by atoms with Gasteiger partial charge in [-0.05, 0) is 36.8 Å². The van der Waals surface area contributed by atoms with Gasteiger partial charge >= 0.3 is 0 Å². The van der Waals surface area contributed by atoms with Gasteiger partial charge in [-0.15, -0.1) is 0 Å². The highest BCUT2D eigenvalue weighted by Gasteiger charge is 2.18. The number of carbonyl (C=O) groups excluding carboxylic acids is 2. The number of carbonyl (C=O) groups is 2. The average molecular weight is 362 g/mol. The number of benzene rings is 2. The van der Waals surface area contributed by atoms with Crippen LogP contribution in [0.25, 0.3) is 0 Å². The molecular weight excluding hydrogens is 342 g/mol. The number of aryl methyl sites for hydroxylation is 1. The van der Waals surface area contributed by atoms with E-state index >= 15 is 0 Å². The summed E-state index contributed by atoms with van der Waals surface area (Å²) >= 11 is 0. The standard InChI is InChI=1S/C19H20F2N2O3/c1-12-4-7-18(26-3)16(10-12)22-19(25)8-9-23(13(2)24)17-6-5-14(20)11-15(17)21/h4-7,10-11H,8-9H2,1-3H3,(H,22,25). The molecule has 1 N–H and O–H groups in total. The topological polar surface area (TPSA) is 58.6 Å².